The lowest BCUT2D eigenvalue weighted by molar-refractivity contribution is 0.0704. The molecule has 0 aliphatic rings. The Hall–Kier alpha value is -0.130. The van der Waals surface area contributed by atoms with Crippen LogP contribution in [-0.4, -0.2) is 29.6 Å². The summed E-state index contributed by atoms with van der Waals surface area (Å²) in [6.45, 7) is 11.0. The zero-order valence-electron chi connectivity index (χ0n) is 12.4. The summed E-state index contributed by atoms with van der Waals surface area (Å²) < 4.78 is 0.840. The summed E-state index contributed by atoms with van der Waals surface area (Å²) in [6, 6.07) is 4.26. The summed E-state index contributed by atoms with van der Waals surface area (Å²) >= 11 is 7.65. The van der Waals surface area contributed by atoms with E-state index in [2.05, 4.69) is 44.1 Å². The van der Waals surface area contributed by atoms with Gasteiger partial charge >= 0.3 is 0 Å². The van der Waals surface area contributed by atoms with E-state index in [9.17, 15) is 0 Å². The Bertz CT molecular complexity index is 379. The Morgan fingerprint density at radius 3 is 2.37 bits per heavy atom. The van der Waals surface area contributed by atoms with Gasteiger partial charge < -0.3 is 0 Å². The molecule has 19 heavy (non-hydrogen) atoms. The Kier molecular flexibility index (Phi) is 6.77. The number of hydrogen-bond donors (Lipinski definition) is 2. The van der Waals surface area contributed by atoms with Crippen LogP contribution in [0.3, 0.4) is 0 Å². The minimum Gasteiger partial charge on any atom is -0.297 e. The quantitative estimate of drug-likeness (QED) is 0.572. The molecule has 0 aromatic carbocycles. The van der Waals surface area contributed by atoms with E-state index in [1.807, 2.05) is 6.07 Å². The Morgan fingerprint density at radius 1 is 1.37 bits per heavy atom. The molecule has 2 atom stereocenters. The number of hydrazine groups is 1. The van der Waals surface area contributed by atoms with Crippen LogP contribution in [0.4, 0.5) is 0 Å². The first-order valence-electron chi connectivity index (χ1n) is 6.97. The molecular formula is C14H26ClN3S. The standard InChI is InChI=1S/C14H26ClN3S/c1-5-14(4,18(6-2)7-3)12(17-16)10-11-8-9-13(15)19-11/h8-9,12,17H,5-7,10,16H2,1-4H3. The zero-order chi connectivity index (χ0) is 14.5. The van der Waals surface area contributed by atoms with Crippen LogP contribution in [0.2, 0.25) is 4.34 Å². The third-order valence-electron chi connectivity index (χ3n) is 4.19. The maximum atomic E-state index is 6.01. The average molecular weight is 304 g/mol. The second-order valence-electron chi connectivity index (χ2n) is 5.01. The summed E-state index contributed by atoms with van der Waals surface area (Å²) in [5, 5.41) is 0. The molecule has 110 valence electrons. The minimum atomic E-state index is 0.0503. The fourth-order valence-electron chi connectivity index (χ4n) is 2.76. The van der Waals surface area contributed by atoms with Gasteiger partial charge in [-0.3, -0.25) is 16.2 Å². The van der Waals surface area contributed by atoms with Gasteiger partial charge in [0.25, 0.3) is 0 Å². The molecule has 0 aliphatic carbocycles. The summed E-state index contributed by atoms with van der Waals surface area (Å²) in [5.41, 5.74) is 3.07. The highest BCUT2D eigenvalue weighted by molar-refractivity contribution is 7.16. The second kappa shape index (κ2) is 7.60. The van der Waals surface area contributed by atoms with Crippen molar-refractivity contribution in [3.8, 4) is 0 Å². The normalized spacial score (nSPS) is 16.6. The van der Waals surface area contributed by atoms with Gasteiger partial charge in [0.05, 0.1) is 4.34 Å². The van der Waals surface area contributed by atoms with E-state index in [-0.39, 0.29) is 11.6 Å². The lowest BCUT2D eigenvalue weighted by atomic mass is 9.85. The molecule has 0 saturated carbocycles. The summed E-state index contributed by atoms with van der Waals surface area (Å²) in [5.74, 6) is 5.83. The maximum Gasteiger partial charge on any atom is 0.0931 e. The lowest BCUT2D eigenvalue weighted by Gasteiger charge is -2.45. The van der Waals surface area contributed by atoms with Crippen LogP contribution in [0, 0.1) is 0 Å². The summed E-state index contributed by atoms with van der Waals surface area (Å²) in [6.07, 6.45) is 1.97. The van der Waals surface area contributed by atoms with Crippen molar-refractivity contribution in [1.82, 2.24) is 10.3 Å². The van der Waals surface area contributed by atoms with Crippen molar-refractivity contribution in [3.05, 3.63) is 21.3 Å². The van der Waals surface area contributed by atoms with Gasteiger partial charge in [-0.1, -0.05) is 32.4 Å². The van der Waals surface area contributed by atoms with Gasteiger partial charge in [0.2, 0.25) is 0 Å². The predicted molar refractivity (Wildman–Crippen MR) is 85.8 cm³/mol. The third kappa shape index (κ3) is 3.92. The van der Waals surface area contributed by atoms with Crippen molar-refractivity contribution < 1.29 is 0 Å². The number of nitrogens with two attached hydrogens (primary N) is 1. The second-order valence-corrected chi connectivity index (χ2v) is 6.81. The molecule has 1 heterocycles. The number of nitrogens with zero attached hydrogens (tertiary/aromatic N) is 1. The molecular weight excluding hydrogens is 278 g/mol. The Labute approximate surface area is 126 Å². The first-order valence-corrected chi connectivity index (χ1v) is 8.16. The average Bonchev–Trinajstić information content (AvgIpc) is 2.82. The number of thiophene rings is 1. The van der Waals surface area contributed by atoms with E-state index in [4.69, 9.17) is 17.4 Å². The molecule has 1 aromatic heterocycles. The van der Waals surface area contributed by atoms with Crippen LogP contribution in [0.25, 0.3) is 0 Å². The van der Waals surface area contributed by atoms with Crippen molar-refractivity contribution in [2.24, 2.45) is 5.84 Å². The van der Waals surface area contributed by atoms with Gasteiger partial charge in [-0.25, -0.2) is 0 Å². The zero-order valence-corrected chi connectivity index (χ0v) is 13.9. The smallest absolute Gasteiger partial charge is 0.0931 e. The van der Waals surface area contributed by atoms with Crippen LogP contribution < -0.4 is 11.3 Å². The van der Waals surface area contributed by atoms with Gasteiger partial charge in [-0.05, 0) is 38.6 Å². The molecule has 3 nitrogen and oxygen atoms in total. The lowest BCUT2D eigenvalue weighted by Crippen LogP contribution is -2.61. The van der Waals surface area contributed by atoms with Gasteiger partial charge in [0.1, 0.15) is 0 Å². The third-order valence-corrected chi connectivity index (χ3v) is 5.44. The molecule has 1 aromatic rings. The fourth-order valence-corrected chi connectivity index (χ4v) is 3.89. The number of hydrogen-bond acceptors (Lipinski definition) is 4. The predicted octanol–water partition coefficient (Wildman–Crippen LogP) is 3.29. The number of rotatable bonds is 8. The van der Waals surface area contributed by atoms with E-state index in [0.29, 0.717) is 0 Å². The van der Waals surface area contributed by atoms with Gasteiger partial charge in [-0.2, -0.15) is 0 Å². The molecule has 0 saturated heterocycles. The van der Waals surface area contributed by atoms with E-state index in [1.165, 1.54) is 4.88 Å². The largest absolute Gasteiger partial charge is 0.297 e. The SMILES string of the molecule is CCN(CC)C(C)(CC)C(Cc1ccc(Cl)s1)NN. The van der Waals surface area contributed by atoms with Crippen LogP contribution in [-0.2, 0) is 6.42 Å². The molecule has 2 unspecified atom stereocenters. The van der Waals surface area contributed by atoms with Crippen molar-refractivity contribution in [3.63, 3.8) is 0 Å². The highest BCUT2D eigenvalue weighted by Crippen LogP contribution is 2.29. The highest BCUT2D eigenvalue weighted by atomic mass is 35.5. The molecule has 0 aliphatic heterocycles. The van der Waals surface area contributed by atoms with E-state index in [1.54, 1.807) is 11.3 Å². The number of nitrogens with one attached hydrogen (secondary N) is 1. The van der Waals surface area contributed by atoms with Crippen LogP contribution in [0.15, 0.2) is 12.1 Å². The van der Waals surface area contributed by atoms with Crippen LogP contribution in [0.5, 0.6) is 0 Å². The molecule has 0 bridgehead atoms. The van der Waals surface area contributed by atoms with Gasteiger partial charge in [0.15, 0.2) is 0 Å². The number of likely N-dealkylation sites (N-methyl/N-ethyl adjacent to an activating group) is 1. The molecule has 0 spiro atoms. The molecule has 1 rings (SSSR count). The van der Waals surface area contributed by atoms with E-state index in [0.717, 1.165) is 30.3 Å². The first kappa shape index (κ1) is 16.9. The topological polar surface area (TPSA) is 41.3 Å². The molecule has 0 radical (unpaired) electrons. The number of halogens is 1. The molecule has 0 fully saturated rings. The Balaban J connectivity index is 2.91. The van der Waals surface area contributed by atoms with Crippen molar-refractivity contribution in [1.29, 1.82) is 0 Å². The minimum absolute atomic E-state index is 0.0503. The van der Waals surface area contributed by atoms with Gasteiger partial charge in [-0.15, -0.1) is 11.3 Å². The summed E-state index contributed by atoms with van der Waals surface area (Å²) in [4.78, 5) is 3.76. The molecule has 0 amide bonds. The molecule has 5 heteroatoms. The van der Waals surface area contributed by atoms with Crippen molar-refractivity contribution >= 4 is 22.9 Å². The summed E-state index contributed by atoms with van der Waals surface area (Å²) in [7, 11) is 0. The van der Waals surface area contributed by atoms with Crippen LogP contribution >= 0.6 is 22.9 Å². The maximum absolute atomic E-state index is 6.01. The van der Waals surface area contributed by atoms with Gasteiger partial charge in [0, 0.05) is 22.9 Å². The van der Waals surface area contributed by atoms with E-state index < -0.39 is 0 Å². The highest BCUT2D eigenvalue weighted by Gasteiger charge is 2.36. The molecule has 3 N–H and O–H groups in total. The first-order chi connectivity index (χ1) is 9.01. The fraction of sp³-hybridized carbons (Fsp3) is 0.714. The van der Waals surface area contributed by atoms with Crippen molar-refractivity contribution in [2.45, 2.75) is 52.1 Å². The van der Waals surface area contributed by atoms with Crippen LogP contribution in [0.1, 0.15) is 39.0 Å². The van der Waals surface area contributed by atoms with E-state index >= 15 is 0 Å². The van der Waals surface area contributed by atoms with Crippen molar-refractivity contribution in [2.75, 3.05) is 13.1 Å². The Morgan fingerprint density at radius 2 is 2.00 bits per heavy atom. The monoisotopic (exact) mass is 303 g/mol.